The van der Waals surface area contributed by atoms with Gasteiger partial charge >= 0.3 is 0 Å². The minimum Gasteiger partial charge on any atom is -0.494 e. The molecule has 4 rings (SSSR count). The van der Waals surface area contributed by atoms with Gasteiger partial charge < -0.3 is 10.1 Å². The number of carbonyl (C=O) groups excluding carboxylic acids is 1. The molecule has 0 saturated heterocycles. The number of sulfonamides is 1. The Hall–Kier alpha value is -2.84. The molecule has 0 bridgehead atoms. The summed E-state index contributed by atoms with van der Waals surface area (Å²) < 4.78 is 34.6. The number of nitrogens with zero attached hydrogens (tertiary/aromatic N) is 1. The quantitative estimate of drug-likeness (QED) is 0.422. The molecule has 1 aliphatic carbocycles. The van der Waals surface area contributed by atoms with Crippen molar-refractivity contribution in [3.63, 3.8) is 0 Å². The topological polar surface area (TPSA) is 75.7 Å². The minimum atomic E-state index is -3.98. The van der Waals surface area contributed by atoms with Crippen LogP contribution in [0.3, 0.4) is 0 Å². The van der Waals surface area contributed by atoms with Crippen molar-refractivity contribution in [2.75, 3.05) is 17.5 Å². The first-order chi connectivity index (χ1) is 16.4. The first kappa shape index (κ1) is 24.3. The van der Waals surface area contributed by atoms with Crippen molar-refractivity contribution in [1.29, 1.82) is 0 Å². The molecule has 6 nitrogen and oxygen atoms in total. The highest BCUT2D eigenvalue weighted by Gasteiger charge is 2.29. The minimum absolute atomic E-state index is 0.111. The van der Waals surface area contributed by atoms with Gasteiger partial charge in [-0.15, -0.1) is 0 Å². The van der Waals surface area contributed by atoms with Gasteiger partial charge in [0.2, 0.25) is 5.91 Å². The summed E-state index contributed by atoms with van der Waals surface area (Å²) in [6.07, 6.45) is 2.78. The van der Waals surface area contributed by atoms with Gasteiger partial charge in [-0.2, -0.15) is 0 Å². The van der Waals surface area contributed by atoms with Crippen molar-refractivity contribution in [3.05, 3.63) is 88.4 Å². The number of halogens is 1. The number of amides is 1. The number of rotatable bonds is 8. The zero-order valence-electron chi connectivity index (χ0n) is 18.9. The molecule has 0 radical (unpaired) electrons. The van der Waals surface area contributed by atoms with Crippen molar-refractivity contribution in [1.82, 2.24) is 5.32 Å². The molecule has 1 N–H and O–H groups in total. The molecule has 0 saturated carbocycles. The number of fused-ring (bicyclic) bond motifs is 1. The van der Waals surface area contributed by atoms with E-state index in [1.54, 1.807) is 36.4 Å². The molecular weight excluding hydrogens is 516 g/mol. The average molecular weight is 543 g/mol. The summed E-state index contributed by atoms with van der Waals surface area (Å²) in [6, 6.07) is 21.1. The third-order valence-electron chi connectivity index (χ3n) is 5.83. The molecule has 0 fully saturated rings. The highest BCUT2D eigenvalue weighted by molar-refractivity contribution is 9.10. The van der Waals surface area contributed by atoms with Crippen LogP contribution in [-0.4, -0.2) is 27.5 Å². The van der Waals surface area contributed by atoms with E-state index in [1.165, 1.54) is 17.7 Å². The molecule has 0 unspecified atom stereocenters. The van der Waals surface area contributed by atoms with E-state index >= 15 is 0 Å². The molecule has 34 heavy (non-hydrogen) atoms. The van der Waals surface area contributed by atoms with Crippen LogP contribution in [0.2, 0.25) is 0 Å². The molecule has 0 heterocycles. The molecule has 3 aromatic carbocycles. The van der Waals surface area contributed by atoms with Gasteiger partial charge in [-0.25, -0.2) is 8.42 Å². The Morgan fingerprint density at radius 2 is 1.76 bits per heavy atom. The Bertz CT molecular complexity index is 1240. The van der Waals surface area contributed by atoms with Crippen molar-refractivity contribution >= 4 is 37.5 Å². The molecule has 3 aromatic rings. The van der Waals surface area contributed by atoms with Crippen LogP contribution in [0, 0.1) is 0 Å². The number of benzene rings is 3. The van der Waals surface area contributed by atoms with E-state index in [-0.39, 0.29) is 23.4 Å². The zero-order valence-corrected chi connectivity index (χ0v) is 21.3. The Balaban J connectivity index is 1.62. The second-order valence-corrected chi connectivity index (χ2v) is 10.9. The molecule has 1 amide bonds. The molecule has 8 heteroatoms. The van der Waals surface area contributed by atoms with E-state index in [0.717, 1.165) is 33.6 Å². The maximum absolute atomic E-state index is 13.6. The average Bonchev–Trinajstić information content (AvgIpc) is 2.84. The van der Waals surface area contributed by atoms with Crippen LogP contribution >= 0.6 is 15.9 Å². The van der Waals surface area contributed by atoms with Gasteiger partial charge in [0.15, 0.2) is 0 Å². The molecular formula is C26H27BrN2O4S. The number of hydrogen-bond acceptors (Lipinski definition) is 4. The Morgan fingerprint density at radius 3 is 2.47 bits per heavy atom. The van der Waals surface area contributed by atoms with Gasteiger partial charge in [-0.05, 0) is 85.8 Å². The van der Waals surface area contributed by atoms with E-state index in [9.17, 15) is 13.2 Å². The lowest BCUT2D eigenvalue weighted by atomic mass is 9.88. The summed E-state index contributed by atoms with van der Waals surface area (Å²) in [5.74, 6) is 0.284. The first-order valence-electron chi connectivity index (χ1n) is 11.3. The van der Waals surface area contributed by atoms with E-state index in [1.807, 2.05) is 25.1 Å². The number of anilines is 1. The zero-order chi connectivity index (χ0) is 24.1. The summed E-state index contributed by atoms with van der Waals surface area (Å²) >= 11 is 3.34. The third kappa shape index (κ3) is 5.45. The Kier molecular flexibility index (Phi) is 7.58. The summed E-state index contributed by atoms with van der Waals surface area (Å²) in [5.41, 5.74) is 2.72. The lowest BCUT2D eigenvalue weighted by Crippen LogP contribution is -2.42. The fourth-order valence-electron chi connectivity index (χ4n) is 4.20. The number of nitrogens with one attached hydrogen (secondary N) is 1. The highest BCUT2D eigenvalue weighted by Crippen LogP contribution is 2.30. The predicted molar refractivity (Wildman–Crippen MR) is 137 cm³/mol. The maximum atomic E-state index is 13.6. The fraction of sp³-hybridized carbons (Fsp3) is 0.269. The van der Waals surface area contributed by atoms with Gasteiger partial charge in [0, 0.05) is 4.47 Å². The van der Waals surface area contributed by atoms with Gasteiger partial charge in [0.25, 0.3) is 10.0 Å². The van der Waals surface area contributed by atoms with Gasteiger partial charge in [-0.3, -0.25) is 9.10 Å². The van der Waals surface area contributed by atoms with Crippen LogP contribution in [0.1, 0.15) is 36.9 Å². The fourth-order valence-corrected chi connectivity index (χ4v) is 5.88. The summed E-state index contributed by atoms with van der Waals surface area (Å²) in [6.45, 7) is 2.06. The van der Waals surface area contributed by atoms with E-state index in [2.05, 4.69) is 27.3 Å². The Morgan fingerprint density at radius 1 is 1.06 bits per heavy atom. The summed E-state index contributed by atoms with van der Waals surface area (Å²) in [4.78, 5) is 13.3. The lowest BCUT2D eigenvalue weighted by Gasteiger charge is -2.29. The van der Waals surface area contributed by atoms with Crippen molar-refractivity contribution in [3.8, 4) is 5.75 Å². The standard InChI is InChI=1S/C26H27BrN2O4S/c1-2-33-22-14-12-21(13-15-22)29(34(31,32)23-16-10-20(27)11-17-23)18-26(30)28-25-9-5-7-19-6-3-4-8-24(19)25/h3-4,6,8,10-17,25H,2,5,7,9,18H2,1H3,(H,28,30)/t25-/m1/s1. The lowest BCUT2D eigenvalue weighted by molar-refractivity contribution is -0.120. The monoisotopic (exact) mass is 542 g/mol. The van der Waals surface area contributed by atoms with Crippen LogP contribution in [-0.2, 0) is 21.2 Å². The number of hydrogen-bond donors (Lipinski definition) is 1. The van der Waals surface area contributed by atoms with Crippen LogP contribution < -0.4 is 14.4 Å². The first-order valence-corrected chi connectivity index (χ1v) is 13.5. The smallest absolute Gasteiger partial charge is 0.264 e. The van der Waals surface area contributed by atoms with Crippen LogP contribution in [0.4, 0.5) is 5.69 Å². The van der Waals surface area contributed by atoms with Crippen molar-refractivity contribution in [2.24, 2.45) is 0 Å². The molecule has 0 spiro atoms. The van der Waals surface area contributed by atoms with Gasteiger partial charge in [0.1, 0.15) is 12.3 Å². The van der Waals surface area contributed by atoms with E-state index < -0.39 is 10.0 Å². The molecule has 0 aliphatic heterocycles. The second-order valence-electron chi connectivity index (χ2n) is 8.10. The van der Waals surface area contributed by atoms with E-state index in [4.69, 9.17) is 4.74 Å². The molecule has 1 aliphatic rings. The highest BCUT2D eigenvalue weighted by atomic mass is 79.9. The van der Waals surface area contributed by atoms with Crippen molar-refractivity contribution in [2.45, 2.75) is 37.1 Å². The predicted octanol–water partition coefficient (Wildman–Crippen LogP) is 5.24. The van der Waals surface area contributed by atoms with Gasteiger partial charge in [-0.1, -0.05) is 40.2 Å². The maximum Gasteiger partial charge on any atom is 0.264 e. The SMILES string of the molecule is CCOc1ccc(N(CC(=O)N[C@@H]2CCCc3ccccc32)S(=O)(=O)c2ccc(Br)cc2)cc1. The largest absolute Gasteiger partial charge is 0.494 e. The van der Waals surface area contributed by atoms with Crippen molar-refractivity contribution < 1.29 is 17.9 Å². The molecule has 0 aromatic heterocycles. The summed E-state index contributed by atoms with van der Waals surface area (Å²) in [5, 5.41) is 3.06. The van der Waals surface area contributed by atoms with Crippen LogP contribution in [0.25, 0.3) is 0 Å². The number of ether oxygens (including phenoxy) is 1. The Labute approximate surface area is 209 Å². The number of carbonyl (C=O) groups is 1. The van der Waals surface area contributed by atoms with Gasteiger partial charge in [0.05, 0.1) is 23.2 Å². The molecule has 178 valence electrons. The van der Waals surface area contributed by atoms with E-state index in [0.29, 0.717) is 18.0 Å². The summed E-state index contributed by atoms with van der Waals surface area (Å²) in [7, 11) is -3.98. The second kappa shape index (κ2) is 10.6. The number of aryl methyl sites for hydroxylation is 1. The van der Waals surface area contributed by atoms with Crippen LogP contribution in [0.5, 0.6) is 5.75 Å². The van der Waals surface area contributed by atoms with Crippen LogP contribution in [0.15, 0.2) is 82.2 Å². The normalized spacial score (nSPS) is 15.3. The third-order valence-corrected chi connectivity index (χ3v) is 8.15. The molecule has 1 atom stereocenters.